The molecule has 31 heavy (non-hydrogen) atoms. The monoisotopic (exact) mass is 465 g/mol. The summed E-state index contributed by atoms with van der Waals surface area (Å²) in [5.74, 6) is -1.45. The van der Waals surface area contributed by atoms with E-state index in [1.165, 1.54) is 36.4 Å². The second-order valence-corrected chi connectivity index (χ2v) is 10.4. The SMILES string of the molecule is CS(=O)(=O)c1ccc(NC(=O)Cn2nc(S(=O)(=O)c3cccc(F)c3)ccc2=O)cc1. The standard InChI is InChI=1S/C19H16FN3O6S2/c1-30(26,27)15-7-5-14(6-8-15)21-17(24)12-23-19(25)10-9-18(22-23)31(28,29)16-4-2-3-13(20)11-16/h2-11H,12H2,1H3,(H,21,24). The zero-order valence-electron chi connectivity index (χ0n) is 16.0. The molecule has 1 heterocycles. The quantitative estimate of drug-likeness (QED) is 0.579. The van der Waals surface area contributed by atoms with E-state index in [0.29, 0.717) is 4.68 Å². The number of nitrogens with one attached hydrogen (secondary N) is 1. The van der Waals surface area contributed by atoms with Gasteiger partial charge in [0.25, 0.3) is 5.56 Å². The molecular weight excluding hydrogens is 449 g/mol. The first-order valence-corrected chi connectivity index (χ1v) is 12.0. The van der Waals surface area contributed by atoms with E-state index in [0.717, 1.165) is 30.5 Å². The highest BCUT2D eigenvalue weighted by Gasteiger charge is 2.21. The summed E-state index contributed by atoms with van der Waals surface area (Å²) in [5.41, 5.74) is -0.449. The number of nitrogens with zero attached hydrogens (tertiary/aromatic N) is 2. The summed E-state index contributed by atoms with van der Waals surface area (Å²) in [7, 11) is -7.61. The Morgan fingerprint density at radius 1 is 1.00 bits per heavy atom. The number of anilines is 1. The topological polar surface area (TPSA) is 132 Å². The lowest BCUT2D eigenvalue weighted by Gasteiger charge is -2.09. The summed E-state index contributed by atoms with van der Waals surface area (Å²) in [4.78, 5) is 24.0. The molecule has 12 heteroatoms. The summed E-state index contributed by atoms with van der Waals surface area (Å²) >= 11 is 0. The second-order valence-electron chi connectivity index (χ2n) is 6.47. The Labute approximate surface area is 177 Å². The molecule has 1 aromatic heterocycles. The zero-order chi connectivity index (χ0) is 22.8. The van der Waals surface area contributed by atoms with Crippen molar-refractivity contribution in [3.8, 4) is 0 Å². The van der Waals surface area contributed by atoms with Crippen molar-refractivity contribution in [2.24, 2.45) is 0 Å². The van der Waals surface area contributed by atoms with Gasteiger partial charge in [-0.15, -0.1) is 0 Å². The van der Waals surface area contributed by atoms with Crippen LogP contribution in [0.15, 0.2) is 80.3 Å². The number of aromatic nitrogens is 2. The summed E-state index contributed by atoms with van der Waals surface area (Å²) in [6.45, 7) is -0.598. The highest BCUT2D eigenvalue weighted by Crippen LogP contribution is 2.19. The smallest absolute Gasteiger partial charge is 0.267 e. The van der Waals surface area contributed by atoms with E-state index in [2.05, 4.69) is 10.4 Å². The van der Waals surface area contributed by atoms with Crippen LogP contribution in [0.1, 0.15) is 0 Å². The van der Waals surface area contributed by atoms with Crippen molar-refractivity contribution in [3.63, 3.8) is 0 Å². The maximum Gasteiger partial charge on any atom is 0.267 e. The Morgan fingerprint density at radius 3 is 2.29 bits per heavy atom. The normalized spacial score (nSPS) is 11.8. The fourth-order valence-electron chi connectivity index (χ4n) is 2.56. The number of halogens is 1. The fraction of sp³-hybridized carbons (Fsp3) is 0.105. The highest BCUT2D eigenvalue weighted by molar-refractivity contribution is 7.91. The molecule has 0 atom stereocenters. The van der Waals surface area contributed by atoms with Crippen LogP contribution in [0.5, 0.6) is 0 Å². The number of carbonyl (C=O) groups is 1. The predicted molar refractivity (Wildman–Crippen MR) is 109 cm³/mol. The number of rotatable bonds is 6. The van der Waals surface area contributed by atoms with Gasteiger partial charge in [0.2, 0.25) is 15.7 Å². The van der Waals surface area contributed by atoms with Crippen LogP contribution < -0.4 is 10.9 Å². The summed E-state index contributed by atoms with van der Waals surface area (Å²) in [6, 6.07) is 11.6. The summed E-state index contributed by atoms with van der Waals surface area (Å²) in [6.07, 6.45) is 1.05. The van der Waals surface area contributed by atoms with E-state index in [1.807, 2.05) is 0 Å². The molecular formula is C19H16FN3O6S2. The first-order chi connectivity index (χ1) is 14.5. The third kappa shape index (κ3) is 5.22. The van der Waals surface area contributed by atoms with Crippen LogP contribution in [0.2, 0.25) is 0 Å². The van der Waals surface area contributed by atoms with Crippen molar-refractivity contribution in [2.45, 2.75) is 21.4 Å². The van der Waals surface area contributed by atoms with Crippen molar-refractivity contribution < 1.29 is 26.0 Å². The molecule has 0 aliphatic rings. The zero-order valence-corrected chi connectivity index (χ0v) is 17.7. The second kappa shape index (κ2) is 8.40. The molecule has 1 N–H and O–H groups in total. The average Bonchev–Trinajstić information content (AvgIpc) is 2.69. The maximum absolute atomic E-state index is 13.4. The van der Waals surface area contributed by atoms with Crippen molar-refractivity contribution in [1.29, 1.82) is 0 Å². The van der Waals surface area contributed by atoms with Gasteiger partial charge in [0, 0.05) is 18.0 Å². The van der Waals surface area contributed by atoms with Gasteiger partial charge in [-0.2, -0.15) is 5.10 Å². The van der Waals surface area contributed by atoms with Crippen LogP contribution in [0.3, 0.4) is 0 Å². The van der Waals surface area contributed by atoms with Gasteiger partial charge < -0.3 is 5.32 Å². The molecule has 0 aliphatic carbocycles. The fourth-order valence-corrected chi connectivity index (χ4v) is 4.41. The van der Waals surface area contributed by atoms with Crippen molar-refractivity contribution >= 4 is 31.3 Å². The van der Waals surface area contributed by atoms with E-state index in [-0.39, 0.29) is 15.5 Å². The van der Waals surface area contributed by atoms with Crippen LogP contribution in [0.25, 0.3) is 0 Å². The van der Waals surface area contributed by atoms with E-state index in [1.54, 1.807) is 0 Å². The van der Waals surface area contributed by atoms with Gasteiger partial charge in [-0.05, 0) is 48.5 Å². The Hall–Kier alpha value is -3.38. The van der Waals surface area contributed by atoms with Gasteiger partial charge in [-0.3, -0.25) is 9.59 Å². The summed E-state index contributed by atoms with van der Waals surface area (Å²) < 4.78 is 62.3. The molecule has 3 aromatic rings. The molecule has 0 saturated heterocycles. The Balaban J connectivity index is 1.82. The lowest BCUT2D eigenvalue weighted by Crippen LogP contribution is -2.30. The number of sulfone groups is 2. The molecule has 0 bridgehead atoms. The van der Waals surface area contributed by atoms with E-state index in [9.17, 15) is 30.8 Å². The van der Waals surface area contributed by atoms with Gasteiger partial charge in [-0.25, -0.2) is 25.9 Å². The Morgan fingerprint density at radius 2 is 1.68 bits per heavy atom. The van der Waals surface area contributed by atoms with Crippen LogP contribution in [-0.2, 0) is 31.0 Å². The average molecular weight is 465 g/mol. The Kier molecular flexibility index (Phi) is 6.04. The molecule has 162 valence electrons. The molecule has 0 aliphatic heterocycles. The van der Waals surface area contributed by atoms with Gasteiger partial charge in [0.15, 0.2) is 14.9 Å². The molecule has 0 saturated carbocycles. The minimum Gasteiger partial charge on any atom is -0.324 e. The third-order valence-electron chi connectivity index (χ3n) is 4.08. The third-order valence-corrected chi connectivity index (χ3v) is 6.85. The summed E-state index contributed by atoms with van der Waals surface area (Å²) in [5, 5.41) is 5.67. The molecule has 9 nitrogen and oxygen atoms in total. The highest BCUT2D eigenvalue weighted by atomic mass is 32.2. The first-order valence-electron chi connectivity index (χ1n) is 8.65. The minimum absolute atomic E-state index is 0.0682. The van der Waals surface area contributed by atoms with E-state index < -0.39 is 48.5 Å². The molecule has 0 radical (unpaired) electrons. The van der Waals surface area contributed by atoms with Gasteiger partial charge >= 0.3 is 0 Å². The molecule has 3 rings (SSSR count). The first kappa shape index (κ1) is 22.3. The molecule has 2 aromatic carbocycles. The van der Waals surface area contributed by atoms with E-state index >= 15 is 0 Å². The maximum atomic E-state index is 13.4. The Bertz CT molecular complexity index is 1420. The number of amides is 1. The van der Waals surface area contributed by atoms with Gasteiger partial charge in [0.1, 0.15) is 12.4 Å². The number of carbonyl (C=O) groups excluding carboxylic acids is 1. The van der Waals surface area contributed by atoms with Crippen molar-refractivity contribution in [3.05, 3.63) is 76.8 Å². The van der Waals surface area contributed by atoms with Crippen LogP contribution >= 0.6 is 0 Å². The molecule has 0 unspecified atom stereocenters. The lowest BCUT2D eigenvalue weighted by atomic mass is 10.3. The van der Waals surface area contributed by atoms with Crippen molar-refractivity contribution in [1.82, 2.24) is 9.78 Å². The van der Waals surface area contributed by atoms with Crippen LogP contribution in [-0.4, -0.2) is 38.8 Å². The number of benzene rings is 2. The van der Waals surface area contributed by atoms with Crippen LogP contribution in [0.4, 0.5) is 10.1 Å². The lowest BCUT2D eigenvalue weighted by molar-refractivity contribution is -0.117. The number of hydrogen-bond donors (Lipinski definition) is 1. The molecule has 0 fully saturated rings. The van der Waals surface area contributed by atoms with Crippen molar-refractivity contribution in [2.75, 3.05) is 11.6 Å². The van der Waals surface area contributed by atoms with Gasteiger partial charge in [0.05, 0.1) is 9.79 Å². The number of hydrogen-bond acceptors (Lipinski definition) is 7. The van der Waals surface area contributed by atoms with E-state index in [4.69, 9.17) is 0 Å². The van der Waals surface area contributed by atoms with Crippen LogP contribution in [0, 0.1) is 5.82 Å². The van der Waals surface area contributed by atoms with Gasteiger partial charge in [-0.1, -0.05) is 6.07 Å². The molecule has 1 amide bonds. The largest absolute Gasteiger partial charge is 0.324 e. The molecule has 0 spiro atoms. The predicted octanol–water partition coefficient (Wildman–Crippen LogP) is 1.26. The minimum atomic E-state index is -4.21.